The van der Waals surface area contributed by atoms with Crippen molar-refractivity contribution in [2.45, 2.75) is 6.42 Å². The third-order valence-corrected chi connectivity index (χ3v) is 5.08. The van der Waals surface area contributed by atoms with Gasteiger partial charge in [0.25, 0.3) is 5.91 Å². The number of nitrogens with one attached hydrogen (secondary N) is 1. The van der Waals surface area contributed by atoms with Gasteiger partial charge in [0.2, 0.25) is 0 Å². The van der Waals surface area contributed by atoms with Crippen LogP contribution < -0.4 is 10.1 Å². The number of benzene rings is 3. The number of carbonyl (C=O) groups excluding carboxylic acids is 1. The van der Waals surface area contributed by atoms with Crippen LogP contribution in [0.25, 0.3) is 11.0 Å². The molecule has 6 nitrogen and oxygen atoms in total. The van der Waals surface area contributed by atoms with Crippen LogP contribution >= 0.6 is 23.2 Å². The number of carboxylic acids is 1. The Hall–Kier alpha value is -3.48. The van der Waals surface area contributed by atoms with Crippen molar-refractivity contribution >= 4 is 51.7 Å². The Kier molecular flexibility index (Phi) is 5.84. The van der Waals surface area contributed by atoms with Crippen molar-refractivity contribution in [3.05, 3.63) is 88.1 Å². The van der Waals surface area contributed by atoms with E-state index in [1.165, 1.54) is 12.1 Å². The Labute approximate surface area is 187 Å². The molecule has 2 N–H and O–H groups in total. The summed E-state index contributed by atoms with van der Waals surface area (Å²) >= 11 is 12.3. The van der Waals surface area contributed by atoms with Crippen LogP contribution in [-0.4, -0.2) is 17.0 Å². The quantitative estimate of drug-likeness (QED) is 0.350. The van der Waals surface area contributed by atoms with Gasteiger partial charge < -0.3 is 19.6 Å². The Balaban J connectivity index is 1.45. The van der Waals surface area contributed by atoms with Gasteiger partial charge in [-0.3, -0.25) is 9.59 Å². The van der Waals surface area contributed by atoms with Gasteiger partial charge in [-0.2, -0.15) is 0 Å². The minimum atomic E-state index is -1.01. The standard InChI is InChI=1S/C23H15Cl2NO5/c24-17-12-20(18(25)9-14(17)11-22(27)28)30-16-7-5-15(6-8-16)26-23(29)21-10-13-3-1-2-4-19(13)31-21/h1-10,12H,11H2,(H,26,29)(H,27,28). The fraction of sp³-hybridized carbons (Fsp3) is 0.0435. The molecule has 0 spiro atoms. The first kappa shape index (κ1) is 20.8. The number of furan rings is 1. The topological polar surface area (TPSA) is 88.8 Å². The molecule has 4 rings (SSSR count). The Morgan fingerprint density at radius 3 is 2.42 bits per heavy atom. The molecule has 3 aromatic carbocycles. The summed E-state index contributed by atoms with van der Waals surface area (Å²) in [5.74, 6) is -0.407. The third kappa shape index (κ3) is 4.82. The van der Waals surface area contributed by atoms with Crippen molar-refractivity contribution in [2.75, 3.05) is 5.32 Å². The zero-order valence-corrected chi connectivity index (χ0v) is 17.4. The Morgan fingerprint density at radius 1 is 0.968 bits per heavy atom. The second kappa shape index (κ2) is 8.71. The van der Waals surface area contributed by atoms with Gasteiger partial charge in [-0.15, -0.1) is 0 Å². The largest absolute Gasteiger partial charge is 0.481 e. The molecule has 156 valence electrons. The van der Waals surface area contributed by atoms with E-state index in [0.717, 1.165) is 5.39 Å². The molecule has 0 aliphatic rings. The van der Waals surface area contributed by atoms with Gasteiger partial charge in [0.05, 0.1) is 11.4 Å². The van der Waals surface area contributed by atoms with Gasteiger partial charge in [-0.1, -0.05) is 41.4 Å². The highest BCUT2D eigenvalue weighted by atomic mass is 35.5. The van der Waals surface area contributed by atoms with Crippen LogP contribution in [0.1, 0.15) is 16.1 Å². The van der Waals surface area contributed by atoms with E-state index >= 15 is 0 Å². The third-order valence-electron chi connectivity index (χ3n) is 4.43. The number of para-hydroxylation sites is 1. The molecule has 1 amide bonds. The summed E-state index contributed by atoms with van der Waals surface area (Å²) in [6.07, 6.45) is -0.238. The number of fused-ring (bicyclic) bond motifs is 1. The van der Waals surface area contributed by atoms with Crippen LogP contribution in [0.2, 0.25) is 10.0 Å². The van der Waals surface area contributed by atoms with Gasteiger partial charge in [-0.25, -0.2) is 0 Å². The van der Waals surface area contributed by atoms with Crippen LogP contribution in [0.4, 0.5) is 5.69 Å². The smallest absolute Gasteiger partial charge is 0.307 e. The summed E-state index contributed by atoms with van der Waals surface area (Å²) in [7, 11) is 0. The van der Waals surface area contributed by atoms with E-state index < -0.39 is 5.97 Å². The van der Waals surface area contributed by atoms with Crippen LogP contribution in [0.15, 0.2) is 71.1 Å². The summed E-state index contributed by atoms with van der Waals surface area (Å²) in [5.41, 5.74) is 1.59. The lowest BCUT2D eigenvalue weighted by Crippen LogP contribution is -2.10. The van der Waals surface area contributed by atoms with E-state index in [4.69, 9.17) is 37.5 Å². The van der Waals surface area contributed by atoms with Gasteiger partial charge >= 0.3 is 5.97 Å². The van der Waals surface area contributed by atoms with E-state index in [9.17, 15) is 9.59 Å². The maximum absolute atomic E-state index is 12.4. The number of halogens is 2. The average Bonchev–Trinajstić information content (AvgIpc) is 3.17. The lowest BCUT2D eigenvalue weighted by Gasteiger charge is -2.11. The van der Waals surface area contributed by atoms with Gasteiger partial charge in [0.1, 0.15) is 17.1 Å². The van der Waals surface area contributed by atoms with E-state index in [1.807, 2.05) is 18.2 Å². The Morgan fingerprint density at radius 2 is 1.71 bits per heavy atom. The van der Waals surface area contributed by atoms with Crippen molar-refractivity contribution in [1.82, 2.24) is 0 Å². The minimum Gasteiger partial charge on any atom is -0.481 e. The fourth-order valence-corrected chi connectivity index (χ4v) is 3.41. The van der Waals surface area contributed by atoms with Crippen LogP contribution in [0.5, 0.6) is 11.5 Å². The lowest BCUT2D eigenvalue weighted by atomic mass is 10.1. The highest BCUT2D eigenvalue weighted by molar-refractivity contribution is 6.34. The molecule has 0 saturated heterocycles. The number of hydrogen-bond donors (Lipinski definition) is 2. The summed E-state index contributed by atoms with van der Waals surface area (Å²) in [4.78, 5) is 23.3. The molecule has 0 fully saturated rings. The summed E-state index contributed by atoms with van der Waals surface area (Å²) in [6, 6.07) is 18.7. The molecule has 8 heteroatoms. The molecule has 0 unspecified atom stereocenters. The monoisotopic (exact) mass is 455 g/mol. The lowest BCUT2D eigenvalue weighted by molar-refractivity contribution is -0.136. The molecule has 0 atom stereocenters. The SMILES string of the molecule is O=C(O)Cc1cc(Cl)c(Oc2ccc(NC(=O)c3cc4ccccc4o3)cc2)cc1Cl. The number of carboxylic acid groups (broad SMARTS) is 1. The number of amides is 1. The van der Waals surface area contributed by atoms with Crippen LogP contribution in [0.3, 0.4) is 0 Å². The molecule has 1 aromatic heterocycles. The number of rotatable bonds is 6. The molecule has 0 bridgehead atoms. The maximum Gasteiger partial charge on any atom is 0.307 e. The second-order valence-electron chi connectivity index (χ2n) is 6.67. The molecule has 0 aliphatic heterocycles. The minimum absolute atomic E-state index is 0.212. The van der Waals surface area contributed by atoms with Gasteiger partial charge in [0.15, 0.2) is 5.76 Å². The number of ether oxygens (including phenoxy) is 1. The number of anilines is 1. The number of hydrogen-bond acceptors (Lipinski definition) is 4. The molecule has 1 heterocycles. The average molecular weight is 456 g/mol. The first-order valence-corrected chi connectivity index (χ1v) is 9.92. The van der Waals surface area contributed by atoms with E-state index in [1.54, 1.807) is 36.4 Å². The zero-order chi connectivity index (χ0) is 22.0. The predicted octanol–water partition coefficient (Wildman–Crippen LogP) is 6.41. The maximum atomic E-state index is 12.4. The summed E-state index contributed by atoms with van der Waals surface area (Å²) < 4.78 is 11.3. The molecular weight excluding hydrogens is 441 g/mol. The molecule has 4 aromatic rings. The number of carbonyl (C=O) groups is 2. The van der Waals surface area contributed by atoms with Crippen molar-refractivity contribution in [3.8, 4) is 11.5 Å². The fourth-order valence-electron chi connectivity index (χ4n) is 2.97. The van der Waals surface area contributed by atoms with Crippen LogP contribution in [0, 0.1) is 0 Å². The molecule has 0 aliphatic carbocycles. The predicted molar refractivity (Wildman–Crippen MR) is 118 cm³/mol. The zero-order valence-electron chi connectivity index (χ0n) is 15.9. The summed E-state index contributed by atoms with van der Waals surface area (Å²) in [6.45, 7) is 0. The van der Waals surface area contributed by atoms with Crippen molar-refractivity contribution in [2.24, 2.45) is 0 Å². The highest BCUT2D eigenvalue weighted by Crippen LogP contribution is 2.35. The van der Waals surface area contributed by atoms with Crippen molar-refractivity contribution < 1.29 is 23.8 Å². The van der Waals surface area contributed by atoms with E-state index in [0.29, 0.717) is 28.3 Å². The number of aliphatic carboxylic acids is 1. The van der Waals surface area contributed by atoms with Crippen molar-refractivity contribution in [1.29, 1.82) is 0 Å². The van der Waals surface area contributed by atoms with Gasteiger partial charge in [-0.05, 0) is 48.0 Å². The molecule has 0 saturated carbocycles. The Bertz CT molecular complexity index is 1250. The van der Waals surface area contributed by atoms with Crippen molar-refractivity contribution in [3.63, 3.8) is 0 Å². The molecule has 0 radical (unpaired) electrons. The van der Waals surface area contributed by atoms with Crippen LogP contribution in [-0.2, 0) is 11.2 Å². The normalized spacial score (nSPS) is 10.8. The van der Waals surface area contributed by atoms with Gasteiger partial charge in [0, 0.05) is 22.2 Å². The van der Waals surface area contributed by atoms with E-state index in [-0.39, 0.29) is 28.1 Å². The van der Waals surface area contributed by atoms with E-state index in [2.05, 4.69) is 5.32 Å². The molecule has 31 heavy (non-hydrogen) atoms. The molecular formula is C23H15Cl2NO5. The highest BCUT2D eigenvalue weighted by Gasteiger charge is 2.14. The first-order valence-electron chi connectivity index (χ1n) is 9.16. The summed E-state index contributed by atoms with van der Waals surface area (Å²) in [5, 5.41) is 13.0. The second-order valence-corrected chi connectivity index (χ2v) is 7.49. The first-order chi connectivity index (χ1) is 14.9.